The summed E-state index contributed by atoms with van der Waals surface area (Å²) in [4.78, 5) is 6.67. The predicted octanol–water partition coefficient (Wildman–Crippen LogP) is 3.25. The predicted molar refractivity (Wildman–Crippen MR) is 77.3 cm³/mol. The third-order valence-corrected chi connectivity index (χ3v) is 3.26. The molecule has 0 saturated carbocycles. The lowest BCUT2D eigenvalue weighted by Crippen LogP contribution is -2.37. The second-order valence-corrected chi connectivity index (χ2v) is 4.67. The summed E-state index contributed by atoms with van der Waals surface area (Å²) in [5.41, 5.74) is 5.99. The minimum Gasteiger partial charge on any atom is -0.370 e. The van der Waals surface area contributed by atoms with Gasteiger partial charge in [-0.1, -0.05) is 33.1 Å². The van der Waals surface area contributed by atoms with E-state index in [1.54, 1.807) is 0 Å². The largest absolute Gasteiger partial charge is 0.370 e. The Morgan fingerprint density at radius 1 is 1.06 bits per heavy atom. The lowest BCUT2D eigenvalue weighted by molar-refractivity contribution is 0.426. The molecule has 0 saturated heterocycles. The van der Waals surface area contributed by atoms with Crippen molar-refractivity contribution in [2.45, 2.75) is 59.8 Å². The number of guanidine groups is 1. The Kier molecular flexibility index (Phi) is 9.98. The van der Waals surface area contributed by atoms with E-state index >= 15 is 0 Å². The zero-order chi connectivity index (χ0) is 13.1. The molecule has 0 fully saturated rings. The van der Waals surface area contributed by atoms with Crippen molar-refractivity contribution in [3.63, 3.8) is 0 Å². The van der Waals surface area contributed by atoms with Crippen LogP contribution in [0.5, 0.6) is 0 Å². The lowest BCUT2D eigenvalue weighted by atomic mass is 9.97. The summed E-state index contributed by atoms with van der Waals surface area (Å²) in [6, 6.07) is 0. The van der Waals surface area contributed by atoms with Gasteiger partial charge in [0.25, 0.3) is 0 Å². The van der Waals surface area contributed by atoms with Crippen LogP contribution in [0.25, 0.3) is 0 Å². The maximum absolute atomic E-state index is 5.99. The molecule has 0 heterocycles. The van der Waals surface area contributed by atoms with E-state index in [9.17, 15) is 0 Å². The number of aliphatic imine (C=N–C) groups is 1. The van der Waals surface area contributed by atoms with Gasteiger partial charge < -0.3 is 10.6 Å². The standard InChI is InChI=1S/C14H31N3/c1-5-9-11-13(10-6-2)12-16-14(15)17(7-3)8-4/h13H,5-12H2,1-4H3,(H2,15,16). The van der Waals surface area contributed by atoms with Crippen molar-refractivity contribution in [1.82, 2.24) is 4.90 Å². The first-order chi connectivity index (χ1) is 8.19. The van der Waals surface area contributed by atoms with Gasteiger partial charge in [-0.05, 0) is 32.6 Å². The summed E-state index contributed by atoms with van der Waals surface area (Å²) in [7, 11) is 0. The van der Waals surface area contributed by atoms with Crippen molar-refractivity contribution in [3.05, 3.63) is 0 Å². The number of hydrogen-bond acceptors (Lipinski definition) is 1. The molecule has 3 nitrogen and oxygen atoms in total. The molecule has 0 aromatic carbocycles. The Morgan fingerprint density at radius 3 is 2.18 bits per heavy atom. The van der Waals surface area contributed by atoms with Crippen LogP contribution in [0, 0.1) is 5.92 Å². The Labute approximate surface area is 107 Å². The fraction of sp³-hybridized carbons (Fsp3) is 0.929. The summed E-state index contributed by atoms with van der Waals surface area (Å²) < 4.78 is 0. The van der Waals surface area contributed by atoms with E-state index in [2.05, 4.69) is 37.6 Å². The SMILES string of the molecule is CCCCC(CCC)CN=C(N)N(CC)CC. The van der Waals surface area contributed by atoms with Crippen LogP contribution in [-0.4, -0.2) is 30.5 Å². The molecule has 3 heteroatoms. The molecule has 0 aromatic heterocycles. The normalized spacial score (nSPS) is 13.8. The van der Waals surface area contributed by atoms with E-state index in [0.29, 0.717) is 11.9 Å². The molecule has 17 heavy (non-hydrogen) atoms. The molecule has 2 N–H and O–H groups in total. The second kappa shape index (κ2) is 10.4. The highest BCUT2D eigenvalue weighted by Gasteiger charge is 2.08. The average molecular weight is 241 g/mol. The van der Waals surface area contributed by atoms with Gasteiger partial charge in [0, 0.05) is 19.6 Å². The van der Waals surface area contributed by atoms with Crippen molar-refractivity contribution < 1.29 is 0 Å². The van der Waals surface area contributed by atoms with Crippen LogP contribution in [0.15, 0.2) is 4.99 Å². The minimum atomic E-state index is 0.715. The van der Waals surface area contributed by atoms with Crippen LogP contribution < -0.4 is 5.73 Å². The highest BCUT2D eigenvalue weighted by molar-refractivity contribution is 5.77. The monoisotopic (exact) mass is 241 g/mol. The maximum atomic E-state index is 5.99. The third kappa shape index (κ3) is 7.24. The summed E-state index contributed by atoms with van der Waals surface area (Å²) in [5.74, 6) is 1.43. The smallest absolute Gasteiger partial charge is 0.191 e. The molecular formula is C14H31N3. The van der Waals surface area contributed by atoms with Crippen molar-refractivity contribution in [1.29, 1.82) is 0 Å². The molecular weight excluding hydrogens is 210 g/mol. The van der Waals surface area contributed by atoms with E-state index in [-0.39, 0.29) is 0 Å². The van der Waals surface area contributed by atoms with Crippen LogP contribution in [0.4, 0.5) is 0 Å². The molecule has 0 amide bonds. The van der Waals surface area contributed by atoms with Crippen LogP contribution in [-0.2, 0) is 0 Å². The van der Waals surface area contributed by atoms with Crippen LogP contribution in [0.3, 0.4) is 0 Å². The summed E-state index contributed by atoms with van der Waals surface area (Å²) in [6.07, 6.45) is 6.39. The molecule has 0 radical (unpaired) electrons. The van der Waals surface area contributed by atoms with Gasteiger partial charge in [-0.15, -0.1) is 0 Å². The molecule has 1 atom stereocenters. The molecule has 0 aliphatic carbocycles. The maximum Gasteiger partial charge on any atom is 0.191 e. The van der Waals surface area contributed by atoms with E-state index in [1.807, 2.05) is 0 Å². The Morgan fingerprint density at radius 2 is 1.71 bits per heavy atom. The van der Waals surface area contributed by atoms with Crippen LogP contribution in [0.1, 0.15) is 59.8 Å². The van der Waals surface area contributed by atoms with Gasteiger partial charge >= 0.3 is 0 Å². The van der Waals surface area contributed by atoms with E-state index in [4.69, 9.17) is 5.73 Å². The first-order valence-electron chi connectivity index (χ1n) is 7.24. The second-order valence-electron chi connectivity index (χ2n) is 4.67. The van der Waals surface area contributed by atoms with Crippen LogP contribution in [0.2, 0.25) is 0 Å². The third-order valence-electron chi connectivity index (χ3n) is 3.26. The van der Waals surface area contributed by atoms with Gasteiger partial charge in [-0.2, -0.15) is 0 Å². The molecule has 1 unspecified atom stereocenters. The molecule has 0 aliphatic heterocycles. The van der Waals surface area contributed by atoms with Gasteiger partial charge in [0.05, 0.1) is 0 Å². The van der Waals surface area contributed by atoms with Gasteiger partial charge in [0.2, 0.25) is 0 Å². The molecule has 102 valence electrons. The zero-order valence-electron chi connectivity index (χ0n) is 12.2. The number of nitrogens with zero attached hydrogens (tertiary/aromatic N) is 2. The molecule has 0 aromatic rings. The fourth-order valence-corrected chi connectivity index (χ4v) is 2.10. The van der Waals surface area contributed by atoms with E-state index < -0.39 is 0 Å². The minimum absolute atomic E-state index is 0.715. The molecule has 0 rings (SSSR count). The lowest BCUT2D eigenvalue weighted by Gasteiger charge is -2.20. The number of unbranched alkanes of at least 4 members (excludes halogenated alkanes) is 1. The van der Waals surface area contributed by atoms with Crippen molar-refractivity contribution >= 4 is 5.96 Å². The highest BCUT2D eigenvalue weighted by Crippen LogP contribution is 2.15. The molecule has 0 aliphatic rings. The molecule has 0 spiro atoms. The van der Waals surface area contributed by atoms with E-state index in [1.165, 1.54) is 32.1 Å². The van der Waals surface area contributed by atoms with Gasteiger partial charge in [-0.3, -0.25) is 4.99 Å². The van der Waals surface area contributed by atoms with Gasteiger partial charge in [-0.25, -0.2) is 0 Å². The van der Waals surface area contributed by atoms with Gasteiger partial charge in [0.15, 0.2) is 5.96 Å². The Hall–Kier alpha value is -0.730. The van der Waals surface area contributed by atoms with Crippen molar-refractivity contribution in [2.75, 3.05) is 19.6 Å². The summed E-state index contributed by atoms with van der Waals surface area (Å²) in [6.45, 7) is 11.5. The van der Waals surface area contributed by atoms with Crippen LogP contribution >= 0.6 is 0 Å². The Bertz CT molecular complexity index is 198. The average Bonchev–Trinajstić information content (AvgIpc) is 2.34. The highest BCUT2D eigenvalue weighted by atomic mass is 15.2. The first kappa shape index (κ1) is 16.3. The Balaban J connectivity index is 4.19. The summed E-state index contributed by atoms with van der Waals surface area (Å²) in [5, 5.41) is 0. The van der Waals surface area contributed by atoms with Crippen molar-refractivity contribution in [3.8, 4) is 0 Å². The fourth-order valence-electron chi connectivity index (χ4n) is 2.10. The van der Waals surface area contributed by atoms with E-state index in [0.717, 1.165) is 19.6 Å². The van der Waals surface area contributed by atoms with Gasteiger partial charge in [0.1, 0.15) is 0 Å². The van der Waals surface area contributed by atoms with Crippen molar-refractivity contribution in [2.24, 2.45) is 16.6 Å². The quantitative estimate of drug-likeness (QED) is 0.497. The summed E-state index contributed by atoms with van der Waals surface area (Å²) >= 11 is 0. The first-order valence-corrected chi connectivity index (χ1v) is 7.24. The zero-order valence-corrected chi connectivity index (χ0v) is 12.2. The number of nitrogens with two attached hydrogens (primary N) is 1. The number of rotatable bonds is 9. The molecule has 0 bridgehead atoms. The topological polar surface area (TPSA) is 41.6 Å². The number of hydrogen-bond donors (Lipinski definition) is 1.